The van der Waals surface area contributed by atoms with Crippen LogP contribution in [0.3, 0.4) is 0 Å². The molecular weight excluding hydrogens is 260 g/mol. The normalized spacial score (nSPS) is 20.9. The van der Waals surface area contributed by atoms with Gasteiger partial charge in [0.2, 0.25) is 11.8 Å². The first-order valence-corrected chi connectivity index (χ1v) is 7.61. The molecular formula is C14H20N2O2S. The summed E-state index contributed by atoms with van der Waals surface area (Å²) >= 11 is 1.70. The fourth-order valence-corrected chi connectivity index (χ4v) is 2.70. The van der Waals surface area contributed by atoms with Crippen molar-refractivity contribution in [2.24, 2.45) is 11.8 Å². The number of thiophene rings is 1. The highest BCUT2D eigenvalue weighted by atomic mass is 32.1. The van der Waals surface area contributed by atoms with E-state index in [-0.39, 0.29) is 17.7 Å². The molecule has 104 valence electrons. The average Bonchev–Trinajstić information content (AvgIpc) is 2.89. The van der Waals surface area contributed by atoms with Crippen molar-refractivity contribution < 1.29 is 9.59 Å². The van der Waals surface area contributed by atoms with Crippen molar-refractivity contribution in [3.05, 3.63) is 22.4 Å². The van der Waals surface area contributed by atoms with Crippen LogP contribution in [0.2, 0.25) is 0 Å². The fourth-order valence-electron chi connectivity index (χ4n) is 1.99. The summed E-state index contributed by atoms with van der Waals surface area (Å²) in [4.78, 5) is 24.3. The van der Waals surface area contributed by atoms with Crippen LogP contribution >= 0.6 is 11.3 Å². The maximum Gasteiger partial charge on any atom is 0.223 e. The molecule has 2 rings (SSSR count). The molecule has 0 aliphatic heterocycles. The molecule has 0 spiro atoms. The lowest BCUT2D eigenvalue weighted by Crippen LogP contribution is -2.32. The number of hydrogen-bond acceptors (Lipinski definition) is 3. The zero-order valence-electron chi connectivity index (χ0n) is 11.1. The Labute approximate surface area is 117 Å². The highest BCUT2D eigenvalue weighted by molar-refractivity contribution is 7.09. The van der Waals surface area contributed by atoms with Crippen LogP contribution in [0, 0.1) is 11.8 Å². The van der Waals surface area contributed by atoms with Crippen LogP contribution in [0.4, 0.5) is 0 Å². The van der Waals surface area contributed by atoms with Gasteiger partial charge in [-0.2, -0.15) is 0 Å². The van der Waals surface area contributed by atoms with Gasteiger partial charge in [-0.15, -0.1) is 11.3 Å². The van der Waals surface area contributed by atoms with Crippen LogP contribution in [0.1, 0.15) is 24.6 Å². The average molecular weight is 280 g/mol. The van der Waals surface area contributed by atoms with Crippen LogP contribution in [0.15, 0.2) is 17.5 Å². The summed E-state index contributed by atoms with van der Waals surface area (Å²) in [6, 6.07) is 4.07. The predicted octanol–water partition coefficient (Wildman–Crippen LogP) is 1.57. The molecule has 0 unspecified atom stereocenters. The van der Waals surface area contributed by atoms with Crippen LogP contribution < -0.4 is 10.6 Å². The Morgan fingerprint density at radius 1 is 1.37 bits per heavy atom. The van der Waals surface area contributed by atoms with E-state index in [0.717, 1.165) is 12.8 Å². The number of carbonyl (C=O) groups excluding carboxylic acids is 2. The van der Waals surface area contributed by atoms with Crippen molar-refractivity contribution in [1.82, 2.24) is 10.6 Å². The van der Waals surface area contributed by atoms with E-state index < -0.39 is 0 Å². The largest absolute Gasteiger partial charge is 0.356 e. The van der Waals surface area contributed by atoms with Crippen LogP contribution in [-0.4, -0.2) is 24.9 Å². The second-order valence-corrected chi connectivity index (χ2v) is 6.07. The van der Waals surface area contributed by atoms with Gasteiger partial charge >= 0.3 is 0 Å². The first-order chi connectivity index (χ1) is 9.16. The summed E-state index contributed by atoms with van der Waals surface area (Å²) < 4.78 is 0. The van der Waals surface area contributed by atoms with E-state index in [1.165, 1.54) is 4.88 Å². The quantitative estimate of drug-likeness (QED) is 0.796. The van der Waals surface area contributed by atoms with Gasteiger partial charge in [0.25, 0.3) is 0 Å². The van der Waals surface area contributed by atoms with Crippen molar-refractivity contribution in [2.75, 3.05) is 13.1 Å². The topological polar surface area (TPSA) is 58.2 Å². The zero-order chi connectivity index (χ0) is 13.7. The smallest absolute Gasteiger partial charge is 0.223 e. The number of rotatable bonds is 7. The first-order valence-electron chi connectivity index (χ1n) is 6.73. The lowest BCUT2D eigenvalue weighted by molar-refractivity contribution is -0.123. The molecule has 4 nitrogen and oxygen atoms in total. The zero-order valence-corrected chi connectivity index (χ0v) is 12.0. The molecule has 1 heterocycles. The third kappa shape index (κ3) is 4.67. The van der Waals surface area contributed by atoms with Gasteiger partial charge in [-0.1, -0.05) is 13.0 Å². The van der Waals surface area contributed by atoms with Gasteiger partial charge in [0.1, 0.15) is 0 Å². The first kappa shape index (κ1) is 14.1. The van der Waals surface area contributed by atoms with Crippen molar-refractivity contribution in [3.8, 4) is 0 Å². The molecule has 2 atom stereocenters. The lowest BCUT2D eigenvalue weighted by atomic mass is 10.3. The van der Waals surface area contributed by atoms with Gasteiger partial charge in [-0.25, -0.2) is 0 Å². The van der Waals surface area contributed by atoms with E-state index in [1.807, 2.05) is 11.4 Å². The number of carbonyl (C=O) groups is 2. The molecule has 0 saturated heterocycles. The van der Waals surface area contributed by atoms with E-state index in [4.69, 9.17) is 0 Å². The van der Waals surface area contributed by atoms with Gasteiger partial charge in [0, 0.05) is 30.3 Å². The second kappa shape index (κ2) is 6.70. The number of nitrogens with one attached hydrogen (secondary N) is 2. The Morgan fingerprint density at radius 2 is 2.16 bits per heavy atom. The molecule has 2 N–H and O–H groups in total. The summed E-state index contributed by atoms with van der Waals surface area (Å²) in [5, 5.41) is 7.71. The lowest BCUT2D eigenvalue weighted by Gasteiger charge is -2.06. The highest BCUT2D eigenvalue weighted by Crippen LogP contribution is 2.37. The monoisotopic (exact) mass is 280 g/mol. The summed E-state index contributed by atoms with van der Waals surface area (Å²) in [5.74, 6) is 0.793. The van der Waals surface area contributed by atoms with Crippen LogP contribution in [-0.2, 0) is 16.0 Å². The standard InChI is InChI=1S/C14H20N2O2S/c1-10-9-12(10)14(18)16-7-5-13(17)15-6-4-11-3-2-8-19-11/h2-3,8,10,12H,4-7,9H2,1H3,(H,15,17)(H,16,18)/t10-,12+/m1/s1. The highest BCUT2D eigenvalue weighted by Gasteiger charge is 2.38. The van der Waals surface area contributed by atoms with Crippen molar-refractivity contribution in [1.29, 1.82) is 0 Å². The summed E-state index contributed by atoms with van der Waals surface area (Å²) in [6.45, 7) is 3.17. The second-order valence-electron chi connectivity index (χ2n) is 5.04. The van der Waals surface area contributed by atoms with Crippen LogP contribution in [0.5, 0.6) is 0 Å². The van der Waals surface area contributed by atoms with Crippen LogP contribution in [0.25, 0.3) is 0 Å². The Hall–Kier alpha value is -1.36. The summed E-state index contributed by atoms with van der Waals surface area (Å²) in [6.07, 6.45) is 2.21. The maximum absolute atomic E-state index is 11.5. The van der Waals surface area contributed by atoms with Crippen molar-refractivity contribution in [2.45, 2.75) is 26.2 Å². The van der Waals surface area contributed by atoms with Crippen molar-refractivity contribution >= 4 is 23.2 Å². The third-order valence-electron chi connectivity index (χ3n) is 3.37. The van der Waals surface area contributed by atoms with E-state index >= 15 is 0 Å². The van der Waals surface area contributed by atoms with Gasteiger partial charge < -0.3 is 10.6 Å². The van der Waals surface area contributed by atoms with Gasteiger partial charge in [0.05, 0.1) is 0 Å². The molecule has 1 fully saturated rings. The summed E-state index contributed by atoms with van der Waals surface area (Å²) in [7, 11) is 0. The van der Waals surface area contributed by atoms with E-state index in [0.29, 0.717) is 25.4 Å². The molecule has 0 radical (unpaired) electrons. The minimum absolute atomic E-state index is 0.000650. The molecule has 5 heteroatoms. The number of amides is 2. The molecule has 0 aromatic carbocycles. The third-order valence-corrected chi connectivity index (χ3v) is 4.31. The Balaban J connectivity index is 1.51. The Bertz CT molecular complexity index is 431. The number of hydrogen-bond donors (Lipinski definition) is 2. The minimum Gasteiger partial charge on any atom is -0.356 e. The van der Waals surface area contributed by atoms with Gasteiger partial charge in [0.15, 0.2) is 0 Å². The molecule has 0 bridgehead atoms. The Kier molecular flexibility index (Phi) is 4.96. The van der Waals surface area contributed by atoms with E-state index in [1.54, 1.807) is 11.3 Å². The summed E-state index contributed by atoms with van der Waals surface area (Å²) in [5.41, 5.74) is 0. The molecule has 1 aliphatic rings. The van der Waals surface area contributed by atoms with Gasteiger partial charge in [-0.3, -0.25) is 9.59 Å². The predicted molar refractivity (Wildman–Crippen MR) is 75.9 cm³/mol. The molecule has 1 aromatic rings. The maximum atomic E-state index is 11.5. The minimum atomic E-state index is 0.000650. The molecule has 19 heavy (non-hydrogen) atoms. The molecule has 1 saturated carbocycles. The van der Waals surface area contributed by atoms with Crippen molar-refractivity contribution in [3.63, 3.8) is 0 Å². The molecule has 1 aromatic heterocycles. The molecule has 1 aliphatic carbocycles. The molecule has 2 amide bonds. The van der Waals surface area contributed by atoms with E-state index in [2.05, 4.69) is 23.6 Å². The fraction of sp³-hybridized carbons (Fsp3) is 0.571. The SMILES string of the molecule is C[C@@H]1C[C@@H]1C(=O)NCCC(=O)NCCc1cccs1. The van der Waals surface area contributed by atoms with E-state index in [9.17, 15) is 9.59 Å². The Morgan fingerprint density at radius 3 is 2.79 bits per heavy atom. The van der Waals surface area contributed by atoms with Gasteiger partial charge in [-0.05, 0) is 30.2 Å².